The van der Waals surface area contributed by atoms with Crippen LogP contribution in [0.2, 0.25) is 0 Å². The largest absolute Gasteiger partial charge is 0.445 e. The van der Waals surface area contributed by atoms with Crippen LogP contribution in [0.5, 0.6) is 0 Å². The van der Waals surface area contributed by atoms with Crippen molar-refractivity contribution in [1.82, 2.24) is 0 Å². The molecule has 0 fully saturated rings. The van der Waals surface area contributed by atoms with E-state index in [2.05, 4.69) is 4.36 Å². The van der Waals surface area contributed by atoms with Crippen LogP contribution >= 0.6 is 0 Å². The summed E-state index contributed by atoms with van der Waals surface area (Å²) in [6, 6.07) is 18.9. The van der Waals surface area contributed by atoms with Gasteiger partial charge in [0.25, 0.3) is 0 Å². The molecular formula is C22H28N2O3S. The minimum Gasteiger partial charge on any atom is -0.445 e. The molecule has 0 saturated heterocycles. The molecule has 0 saturated carbocycles. The van der Waals surface area contributed by atoms with Crippen LogP contribution in [-0.2, 0) is 14.5 Å². The predicted octanol–water partition coefficient (Wildman–Crippen LogP) is 4.95. The molecule has 1 amide bonds. The Balaban J connectivity index is 2.61. The van der Waals surface area contributed by atoms with Crippen LogP contribution in [0.15, 0.2) is 80.9 Å². The first-order valence-corrected chi connectivity index (χ1v) is 10.8. The Morgan fingerprint density at radius 2 is 1.61 bits per heavy atom. The molecule has 2 rings (SSSR count). The van der Waals surface area contributed by atoms with Gasteiger partial charge in [0.2, 0.25) is 0 Å². The Bertz CT molecular complexity index is 931. The van der Waals surface area contributed by atoms with Gasteiger partial charge in [-0.15, -0.1) is 0 Å². The molecule has 5 nitrogen and oxygen atoms in total. The van der Waals surface area contributed by atoms with Crippen LogP contribution < -0.4 is 5.73 Å². The van der Waals surface area contributed by atoms with Gasteiger partial charge < -0.3 is 10.5 Å². The van der Waals surface area contributed by atoms with Crippen molar-refractivity contribution in [2.45, 2.75) is 37.7 Å². The molecule has 2 N–H and O–H groups in total. The summed E-state index contributed by atoms with van der Waals surface area (Å²) in [5, 5.41) is 1.69. The van der Waals surface area contributed by atoms with E-state index >= 15 is 0 Å². The number of nitrogens with two attached hydrogens (primary N) is 1. The average Bonchev–Trinajstić information content (AvgIpc) is 2.68. The molecule has 0 heterocycles. The SMILES string of the molecule is CN=S(=O)(/C=C(/C)[C@@H](c1ccccc1)[C@@H](OC(N)=O)C(C)C)c1ccccc1. The van der Waals surface area contributed by atoms with Crippen LogP contribution in [0, 0.1) is 5.92 Å². The number of carbonyl (C=O) groups is 1. The van der Waals surface area contributed by atoms with Gasteiger partial charge in [-0.05, 0) is 30.5 Å². The fraction of sp³-hybridized carbons (Fsp3) is 0.318. The maximum absolute atomic E-state index is 13.5. The van der Waals surface area contributed by atoms with Crippen molar-refractivity contribution < 1.29 is 13.7 Å². The lowest BCUT2D eigenvalue weighted by molar-refractivity contribution is 0.0673. The van der Waals surface area contributed by atoms with Crippen molar-refractivity contribution in [3.63, 3.8) is 0 Å². The molecule has 1 unspecified atom stereocenters. The summed E-state index contributed by atoms with van der Waals surface area (Å²) in [6.07, 6.45) is -1.32. The summed E-state index contributed by atoms with van der Waals surface area (Å²) in [7, 11) is -1.20. The highest BCUT2D eigenvalue weighted by atomic mass is 32.2. The minimum atomic E-state index is -2.75. The number of rotatable bonds is 7. The molecule has 0 spiro atoms. The molecule has 0 aliphatic rings. The zero-order valence-electron chi connectivity index (χ0n) is 16.7. The molecule has 0 radical (unpaired) electrons. The molecule has 6 heteroatoms. The predicted molar refractivity (Wildman–Crippen MR) is 113 cm³/mol. The number of ether oxygens (including phenoxy) is 1. The molecule has 3 atom stereocenters. The van der Waals surface area contributed by atoms with Gasteiger partial charge in [0.1, 0.15) is 6.10 Å². The van der Waals surface area contributed by atoms with E-state index in [9.17, 15) is 9.00 Å². The molecule has 0 aliphatic carbocycles. The van der Waals surface area contributed by atoms with Gasteiger partial charge >= 0.3 is 6.09 Å². The number of hydrogen-bond donors (Lipinski definition) is 1. The summed E-state index contributed by atoms with van der Waals surface area (Å²) in [4.78, 5) is 12.2. The third-order valence-electron chi connectivity index (χ3n) is 4.58. The highest BCUT2D eigenvalue weighted by Gasteiger charge is 2.31. The molecular weight excluding hydrogens is 372 g/mol. The zero-order chi connectivity index (χ0) is 20.7. The van der Waals surface area contributed by atoms with Crippen LogP contribution in [0.4, 0.5) is 4.79 Å². The van der Waals surface area contributed by atoms with Crippen molar-refractivity contribution in [3.8, 4) is 0 Å². The fourth-order valence-electron chi connectivity index (χ4n) is 3.26. The van der Waals surface area contributed by atoms with Crippen molar-refractivity contribution in [3.05, 3.63) is 77.2 Å². The lowest BCUT2D eigenvalue weighted by Crippen LogP contribution is -2.33. The molecule has 150 valence electrons. The van der Waals surface area contributed by atoms with Crippen molar-refractivity contribution in [2.24, 2.45) is 16.0 Å². The van der Waals surface area contributed by atoms with E-state index in [4.69, 9.17) is 10.5 Å². The topological polar surface area (TPSA) is 81.8 Å². The Labute approximate surface area is 167 Å². The molecule has 0 bridgehead atoms. The zero-order valence-corrected chi connectivity index (χ0v) is 17.6. The third-order valence-corrected chi connectivity index (χ3v) is 6.77. The second kappa shape index (κ2) is 9.55. The number of nitrogens with zero attached hydrogens (tertiary/aromatic N) is 1. The average molecular weight is 401 g/mol. The molecule has 2 aromatic carbocycles. The molecule has 0 aliphatic heterocycles. The van der Waals surface area contributed by atoms with E-state index in [1.165, 1.54) is 0 Å². The first kappa shape index (κ1) is 21.7. The quantitative estimate of drug-likeness (QED) is 0.714. The second-order valence-corrected chi connectivity index (χ2v) is 9.17. The van der Waals surface area contributed by atoms with E-state index in [-0.39, 0.29) is 11.8 Å². The Morgan fingerprint density at radius 1 is 1.07 bits per heavy atom. The highest BCUT2D eigenvalue weighted by molar-refractivity contribution is 7.96. The Morgan fingerprint density at radius 3 is 2.07 bits per heavy atom. The van der Waals surface area contributed by atoms with E-state index in [0.29, 0.717) is 4.90 Å². The van der Waals surface area contributed by atoms with Gasteiger partial charge in [0.05, 0.1) is 14.6 Å². The maximum atomic E-state index is 13.5. The second-order valence-electron chi connectivity index (χ2n) is 6.96. The maximum Gasteiger partial charge on any atom is 0.404 e. The standard InChI is InChI=1S/C22H28N2O3S/c1-16(2)21(27-22(23)25)20(18-11-7-5-8-12-18)17(3)15-28(26,24-4)19-13-9-6-10-14-19/h5-16,20-21H,1-4H3,(H2,23,25)/b17-15-/t20-,21-,28?/m0/s1. The van der Waals surface area contributed by atoms with Crippen molar-refractivity contribution in [2.75, 3.05) is 7.05 Å². The molecule has 28 heavy (non-hydrogen) atoms. The summed E-state index contributed by atoms with van der Waals surface area (Å²) in [5.41, 5.74) is 7.11. The molecule has 0 aromatic heterocycles. The van der Waals surface area contributed by atoms with Gasteiger partial charge in [-0.1, -0.05) is 68.0 Å². The smallest absolute Gasteiger partial charge is 0.404 e. The van der Waals surface area contributed by atoms with Gasteiger partial charge in [-0.25, -0.2) is 13.4 Å². The van der Waals surface area contributed by atoms with Crippen molar-refractivity contribution >= 4 is 15.8 Å². The van der Waals surface area contributed by atoms with E-state index < -0.39 is 21.9 Å². The number of amides is 1. The highest BCUT2D eigenvalue weighted by Crippen LogP contribution is 2.35. The van der Waals surface area contributed by atoms with Crippen LogP contribution in [0.25, 0.3) is 0 Å². The lowest BCUT2D eigenvalue weighted by Gasteiger charge is -2.30. The number of primary amides is 1. The third kappa shape index (κ3) is 5.23. The normalized spacial score (nSPS) is 16.1. The summed E-state index contributed by atoms with van der Waals surface area (Å²) < 4.78 is 23.2. The molecule has 2 aromatic rings. The van der Waals surface area contributed by atoms with E-state index in [0.717, 1.165) is 11.1 Å². The van der Waals surface area contributed by atoms with Crippen LogP contribution in [0.1, 0.15) is 32.3 Å². The van der Waals surface area contributed by atoms with Crippen LogP contribution in [0.3, 0.4) is 0 Å². The number of hydrogen-bond acceptors (Lipinski definition) is 4. The number of benzene rings is 2. The van der Waals surface area contributed by atoms with Gasteiger partial charge in [-0.3, -0.25) is 0 Å². The van der Waals surface area contributed by atoms with Crippen LogP contribution in [-0.4, -0.2) is 23.5 Å². The van der Waals surface area contributed by atoms with Crippen molar-refractivity contribution in [1.29, 1.82) is 0 Å². The van der Waals surface area contributed by atoms with Gasteiger partial charge in [0.15, 0.2) is 0 Å². The Kier molecular flexibility index (Phi) is 7.40. The van der Waals surface area contributed by atoms with E-state index in [1.807, 2.05) is 69.3 Å². The first-order chi connectivity index (χ1) is 13.3. The fourth-order valence-corrected chi connectivity index (χ4v) is 4.91. The summed E-state index contributed by atoms with van der Waals surface area (Å²) >= 11 is 0. The lowest BCUT2D eigenvalue weighted by atomic mass is 9.83. The first-order valence-electron chi connectivity index (χ1n) is 9.18. The van der Waals surface area contributed by atoms with Gasteiger partial charge in [0, 0.05) is 18.4 Å². The van der Waals surface area contributed by atoms with E-state index in [1.54, 1.807) is 24.6 Å². The Hall–Kier alpha value is -2.60. The minimum absolute atomic E-state index is 0.00685. The van der Waals surface area contributed by atoms with Gasteiger partial charge in [-0.2, -0.15) is 0 Å². The summed E-state index contributed by atoms with van der Waals surface area (Å²) in [5.74, 6) is -0.285. The summed E-state index contributed by atoms with van der Waals surface area (Å²) in [6.45, 7) is 5.83. The number of carbonyl (C=O) groups excluding carboxylic acids is 1. The monoisotopic (exact) mass is 400 g/mol.